The summed E-state index contributed by atoms with van der Waals surface area (Å²) in [6.45, 7) is 6.91. The van der Waals surface area contributed by atoms with Gasteiger partial charge in [0.15, 0.2) is 5.82 Å². The Morgan fingerprint density at radius 3 is 2.66 bits per heavy atom. The summed E-state index contributed by atoms with van der Waals surface area (Å²) in [5.41, 5.74) is 3.61. The molecule has 1 N–H and O–H groups in total. The molecular weight excluding hydrogens is 360 g/mol. The van der Waals surface area contributed by atoms with Crippen LogP contribution < -0.4 is 10.2 Å². The van der Waals surface area contributed by atoms with Crippen LogP contribution in [0, 0.1) is 11.8 Å². The maximum absolute atomic E-state index is 12.5. The second-order valence-electron chi connectivity index (χ2n) is 8.54. The Bertz CT molecular complexity index is 843. The predicted octanol–water partition coefficient (Wildman–Crippen LogP) is 4.01. The molecule has 1 saturated heterocycles. The number of fused-ring (bicyclic) bond motifs is 1. The maximum Gasteiger partial charge on any atom is 0.223 e. The number of hydrogen-bond donors (Lipinski definition) is 1. The van der Waals surface area contributed by atoms with E-state index in [1.165, 1.54) is 11.3 Å². The summed E-state index contributed by atoms with van der Waals surface area (Å²) in [7, 11) is 0. The standard InChI is InChI=1S/C24H32N4O/c1-3-17(2)16-25-24(29)19-12-14-28(15-13-19)23-20-10-7-11-21(20)26-22(27-23)18-8-5-4-6-9-18/h4-6,8-9,17,19H,3,7,10-16H2,1-2H3,(H,25,29)/t17-/m0/s1. The fraction of sp³-hybridized carbons (Fsp3) is 0.542. The highest BCUT2D eigenvalue weighted by Crippen LogP contribution is 2.33. The van der Waals surface area contributed by atoms with Crippen molar-refractivity contribution in [1.82, 2.24) is 15.3 Å². The number of piperidine rings is 1. The van der Waals surface area contributed by atoms with E-state index in [-0.39, 0.29) is 11.8 Å². The van der Waals surface area contributed by atoms with Crippen molar-refractivity contribution < 1.29 is 4.79 Å². The van der Waals surface area contributed by atoms with Crippen LogP contribution in [0.2, 0.25) is 0 Å². The van der Waals surface area contributed by atoms with Crippen LogP contribution in [0.25, 0.3) is 11.4 Å². The highest BCUT2D eigenvalue weighted by molar-refractivity contribution is 5.79. The number of carbonyl (C=O) groups is 1. The van der Waals surface area contributed by atoms with E-state index >= 15 is 0 Å². The molecule has 1 amide bonds. The highest BCUT2D eigenvalue weighted by atomic mass is 16.1. The van der Waals surface area contributed by atoms with Crippen LogP contribution >= 0.6 is 0 Å². The number of hydrogen-bond acceptors (Lipinski definition) is 4. The van der Waals surface area contributed by atoms with Gasteiger partial charge in [0.25, 0.3) is 0 Å². The van der Waals surface area contributed by atoms with E-state index in [9.17, 15) is 4.79 Å². The van der Waals surface area contributed by atoms with Crippen molar-refractivity contribution in [2.75, 3.05) is 24.5 Å². The van der Waals surface area contributed by atoms with Gasteiger partial charge >= 0.3 is 0 Å². The topological polar surface area (TPSA) is 58.1 Å². The zero-order valence-corrected chi connectivity index (χ0v) is 17.7. The fourth-order valence-electron chi connectivity index (χ4n) is 4.31. The van der Waals surface area contributed by atoms with Crippen molar-refractivity contribution in [3.8, 4) is 11.4 Å². The molecule has 1 aliphatic carbocycles. The van der Waals surface area contributed by atoms with Crippen molar-refractivity contribution in [2.24, 2.45) is 11.8 Å². The molecule has 0 radical (unpaired) electrons. The van der Waals surface area contributed by atoms with Gasteiger partial charge in [0.1, 0.15) is 5.82 Å². The third-order valence-corrected chi connectivity index (χ3v) is 6.43. The lowest BCUT2D eigenvalue weighted by Crippen LogP contribution is -2.42. The molecule has 5 nitrogen and oxygen atoms in total. The second-order valence-corrected chi connectivity index (χ2v) is 8.54. The number of rotatable bonds is 6. The van der Waals surface area contributed by atoms with Crippen molar-refractivity contribution >= 4 is 11.7 Å². The predicted molar refractivity (Wildman–Crippen MR) is 117 cm³/mol. The van der Waals surface area contributed by atoms with Gasteiger partial charge in [0.05, 0.1) is 0 Å². The van der Waals surface area contributed by atoms with Crippen molar-refractivity contribution in [3.63, 3.8) is 0 Å². The average Bonchev–Trinajstić information content (AvgIpc) is 3.26. The van der Waals surface area contributed by atoms with E-state index < -0.39 is 0 Å². The van der Waals surface area contributed by atoms with Gasteiger partial charge in [-0.2, -0.15) is 0 Å². The first-order valence-corrected chi connectivity index (χ1v) is 11.1. The minimum absolute atomic E-state index is 0.124. The molecule has 0 saturated carbocycles. The SMILES string of the molecule is CC[C@H](C)CNC(=O)C1CCN(c2nc(-c3ccccc3)nc3c2CCC3)CC1. The van der Waals surface area contributed by atoms with Crippen LogP contribution in [-0.4, -0.2) is 35.5 Å². The first-order valence-electron chi connectivity index (χ1n) is 11.1. The summed E-state index contributed by atoms with van der Waals surface area (Å²) in [4.78, 5) is 24.8. The number of benzene rings is 1. The van der Waals surface area contributed by atoms with E-state index in [4.69, 9.17) is 9.97 Å². The number of amides is 1. The van der Waals surface area contributed by atoms with Crippen molar-refractivity contribution in [2.45, 2.75) is 52.4 Å². The minimum atomic E-state index is 0.124. The number of carbonyl (C=O) groups excluding carboxylic acids is 1. The van der Waals surface area contributed by atoms with Crippen LogP contribution in [0.1, 0.15) is 50.8 Å². The third-order valence-electron chi connectivity index (χ3n) is 6.43. The van der Waals surface area contributed by atoms with Crippen LogP contribution in [0.5, 0.6) is 0 Å². The molecule has 2 aromatic rings. The van der Waals surface area contributed by atoms with Gasteiger partial charge < -0.3 is 10.2 Å². The molecule has 5 heteroatoms. The number of aryl methyl sites for hydroxylation is 1. The Hall–Kier alpha value is -2.43. The quantitative estimate of drug-likeness (QED) is 0.807. The van der Waals surface area contributed by atoms with Gasteiger partial charge in [-0.25, -0.2) is 9.97 Å². The molecule has 2 aliphatic rings. The highest BCUT2D eigenvalue weighted by Gasteiger charge is 2.29. The number of aromatic nitrogens is 2. The maximum atomic E-state index is 12.5. The summed E-state index contributed by atoms with van der Waals surface area (Å²) in [5.74, 6) is 2.82. The lowest BCUT2D eigenvalue weighted by atomic mass is 9.95. The molecule has 1 aromatic heterocycles. The Morgan fingerprint density at radius 2 is 1.93 bits per heavy atom. The van der Waals surface area contributed by atoms with Gasteiger partial charge in [-0.05, 0) is 38.0 Å². The Kier molecular flexibility index (Phi) is 6.12. The molecule has 0 bridgehead atoms. The van der Waals surface area contributed by atoms with E-state index in [0.717, 1.165) is 75.4 Å². The molecule has 0 spiro atoms. The fourth-order valence-corrected chi connectivity index (χ4v) is 4.31. The molecular formula is C24H32N4O. The van der Waals surface area contributed by atoms with Crippen molar-refractivity contribution in [3.05, 3.63) is 41.6 Å². The monoisotopic (exact) mass is 392 g/mol. The summed E-state index contributed by atoms with van der Waals surface area (Å²) >= 11 is 0. The molecule has 1 fully saturated rings. The Labute approximate surface area is 173 Å². The number of nitrogens with one attached hydrogen (secondary N) is 1. The Morgan fingerprint density at radius 1 is 1.17 bits per heavy atom. The first kappa shape index (κ1) is 19.9. The van der Waals surface area contributed by atoms with Gasteiger partial charge in [-0.3, -0.25) is 4.79 Å². The van der Waals surface area contributed by atoms with Gasteiger partial charge in [0.2, 0.25) is 5.91 Å². The number of nitrogens with zero attached hydrogens (tertiary/aromatic N) is 3. The van der Waals surface area contributed by atoms with Gasteiger partial charge in [-0.15, -0.1) is 0 Å². The summed E-state index contributed by atoms with van der Waals surface area (Å²) < 4.78 is 0. The molecule has 0 unspecified atom stereocenters. The molecule has 1 aliphatic heterocycles. The average molecular weight is 393 g/mol. The zero-order valence-electron chi connectivity index (χ0n) is 17.7. The van der Waals surface area contributed by atoms with E-state index in [1.54, 1.807) is 0 Å². The van der Waals surface area contributed by atoms with E-state index in [0.29, 0.717) is 5.92 Å². The first-order chi connectivity index (χ1) is 14.2. The van der Waals surface area contributed by atoms with E-state index in [2.05, 4.69) is 36.2 Å². The summed E-state index contributed by atoms with van der Waals surface area (Å²) in [5, 5.41) is 3.15. The van der Waals surface area contributed by atoms with Crippen LogP contribution in [0.15, 0.2) is 30.3 Å². The van der Waals surface area contributed by atoms with Crippen molar-refractivity contribution in [1.29, 1.82) is 0 Å². The number of anilines is 1. The largest absolute Gasteiger partial charge is 0.356 e. The smallest absolute Gasteiger partial charge is 0.223 e. The molecule has 2 heterocycles. The summed E-state index contributed by atoms with van der Waals surface area (Å²) in [6.07, 6.45) is 6.15. The third kappa shape index (κ3) is 4.44. The molecule has 154 valence electrons. The normalized spacial score (nSPS) is 17.8. The van der Waals surface area contributed by atoms with Gasteiger partial charge in [-0.1, -0.05) is 50.6 Å². The van der Waals surface area contributed by atoms with Crippen LogP contribution in [0.4, 0.5) is 5.82 Å². The molecule has 1 atom stereocenters. The van der Waals surface area contributed by atoms with Crippen LogP contribution in [-0.2, 0) is 17.6 Å². The summed E-state index contributed by atoms with van der Waals surface area (Å²) in [6, 6.07) is 10.3. The van der Waals surface area contributed by atoms with E-state index in [1.807, 2.05) is 18.2 Å². The molecule has 4 rings (SSSR count). The molecule has 1 aromatic carbocycles. The van der Waals surface area contributed by atoms with Crippen LogP contribution in [0.3, 0.4) is 0 Å². The second kappa shape index (κ2) is 8.93. The van der Waals surface area contributed by atoms with Gasteiger partial charge in [0, 0.05) is 42.4 Å². The minimum Gasteiger partial charge on any atom is -0.356 e. The Balaban J connectivity index is 1.47. The lowest BCUT2D eigenvalue weighted by Gasteiger charge is -2.33. The zero-order chi connectivity index (χ0) is 20.2. The molecule has 29 heavy (non-hydrogen) atoms. The lowest BCUT2D eigenvalue weighted by molar-refractivity contribution is -0.125.